The summed E-state index contributed by atoms with van der Waals surface area (Å²) in [6, 6.07) is 17.1. The molecule has 138 valence electrons. The molecule has 0 saturated heterocycles. The summed E-state index contributed by atoms with van der Waals surface area (Å²) in [4.78, 5) is 32.6. The van der Waals surface area contributed by atoms with Crippen LogP contribution in [0.25, 0.3) is 30.4 Å². The van der Waals surface area contributed by atoms with Crippen molar-refractivity contribution in [2.45, 2.75) is 13.0 Å². The average Bonchev–Trinajstić information content (AvgIpc) is 3.26. The molecule has 0 unspecified atom stereocenters. The van der Waals surface area contributed by atoms with Crippen molar-refractivity contribution in [3.63, 3.8) is 0 Å². The molecule has 5 nitrogen and oxygen atoms in total. The predicted octanol–water partition coefficient (Wildman–Crippen LogP) is 5.27. The predicted molar refractivity (Wildman–Crippen MR) is 113 cm³/mol. The quantitative estimate of drug-likeness (QED) is 0.414. The monoisotopic (exact) mass is 406 g/mol. The van der Waals surface area contributed by atoms with Gasteiger partial charge in [0, 0.05) is 14.8 Å². The first-order valence-corrected chi connectivity index (χ1v) is 10.3. The zero-order valence-electron chi connectivity index (χ0n) is 14.8. The van der Waals surface area contributed by atoms with E-state index in [2.05, 4.69) is 22.1 Å². The van der Waals surface area contributed by atoms with E-state index in [1.165, 1.54) is 16.0 Å². The van der Waals surface area contributed by atoms with E-state index in [0.717, 1.165) is 14.8 Å². The van der Waals surface area contributed by atoms with Crippen LogP contribution in [-0.2, 0) is 4.74 Å². The molecule has 7 heteroatoms. The van der Waals surface area contributed by atoms with Crippen LogP contribution in [0.3, 0.4) is 0 Å². The van der Waals surface area contributed by atoms with Gasteiger partial charge in [-0.2, -0.15) is 0 Å². The lowest BCUT2D eigenvalue weighted by Gasteiger charge is -2.12. The minimum absolute atomic E-state index is 0.244. The number of para-hydroxylation sites is 1. The standard InChI is InChI=1S/C21H14N2O3S2/c1-11(19-22-14-8-4-2-6-12(14)20(24)23-19)26-21(25)17-10-16-18(28-17)13-7-3-5-9-15(13)27-16/h2-11H,1H3,(H,22,23,24)/t11-/m0/s1. The SMILES string of the molecule is C[C@H](OC(=O)c1cc2sc3ccccc3c2s1)c1nc2ccccc2c(=O)[nH]1. The normalized spacial score (nSPS) is 12.6. The highest BCUT2D eigenvalue weighted by Gasteiger charge is 2.20. The summed E-state index contributed by atoms with van der Waals surface area (Å²) >= 11 is 3.09. The summed E-state index contributed by atoms with van der Waals surface area (Å²) in [5.41, 5.74) is 0.332. The summed E-state index contributed by atoms with van der Waals surface area (Å²) in [5, 5.41) is 1.66. The van der Waals surface area contributed by atoms with Crippen LogP contribution in [0.2, 0.25) is 0 Å². The molecule has 1 atom stereocenters. The summed E-state index contributed by atoms with van der Waals surface area (Å²) in [6.45, 7) is 1.70. The molecule has 1 N–H and O–H groups in total. The van der Waals surface area contributed by atoms with Gasteiger partial charge in [0.25, 0.3) is 5.56 Å². The van der Waals surface area contributed by atoms with Gasteiger partial charge in [-0.3, -0.25) is 4.79 Å². The molecule has 0 fully saturated rings. The van der Waals surface area contributed by atoms with E-state index in [4.69, 9.17) is 4.74 Å². The van der Waals surface area contributed by atoms with E-state index < -0.39 is 12.1 Å². The molecule has 0 radical (unpaired) electrons. The number of hydrogen-bond donors (Lipinski definition) is 1. The second kappa shape index (κ2) is 6.54. The third-order valence-corrected chi connectivity index (χ3v) is 6.95. The van der Waals surface area contributed by atoms with Crippen LogP contribution in [-0.4, -0.2) is 15.9 Å². The number of nitrogens with one attached hydrogen (secondary N) is 1. The maximum atomic E-state index is 12.7. The van der Waals surface area contributed by atoms with Crippen molar-refractivity contribution in [1.29, 1.82) is 0 Å². The van der Waals surface area contributed by atoms with E-state index in [1.807, 2.05) is 24.3 Å². The molecule has 0 aliphatic carbocycles. The zero-order valence-corrected chi connectivity index (χ0v) is 16.4. The highest BCUT2D eigenvalue weighted by molar-refractivity contribution is 7.33. The molecule has 5 aromatic rings. The number of ether oxygens (including phenoxy) is 1. The lowest BCUT2D eigenvalue weighted by Crippen LogP contribution is -2.17. The number of rotatable bonds is 3. The second-order valence-corrected chi connectivity index (χ2v) is 8.55. The number of carbonyl (C=O) groups is 1. The van der Waals surface area contributed by atoms with Crippen LogP contribution in [0.1, 0.15) is 28.5 Å². The number of hydrogen-bond acceptors (Lipinski definition) is 6. The van der Waals surface area contributed by atoms with Crippen molar-refractivity contribution >= 4 is 59.0 Å². The van der Waals surface area contributed by atoms with Gasteiger partial charge in [0.2, 0.25) is 0 Å². The van der Waals surface area contributed by atoms with E-state index in [0.29, 0.717) is 21.6 Å². The molecule has 0 spiro atoms. The Hall–Kier alpha value is -3.03. The molecule has 0 amide bonds. The van der Waals surface area contributed by atoms with Gasteiger partial charge in [-0.05, 0) is 31.2 Å². The first kappa shape index (κ1) is 17.1. The first-order chi connectivity index (χ1) is 13.6. The summed E-state index contributed by atoms with van der Waals surface area (Å²) in [5.74, 6) is -0.0818. The van der Waals surface area contributed by atoms with E-state index in [9.17, 15) is 9.59 Å². The Bertz CT molecular complexity index is 1410. The van der Waals surface area contributed by atoms with E-state index in [-0.39, 0.29) is 5.56 Å². The Balaban J connectivity index is 1.45. The third kappa shape index (κ3) is 2.80. The lowest BCUT2D eigenvalue weighted by atomic mass is 10.2. The molecular weight excluding hydrogens is 392 g/mol. The number of aromatic amines is 1. The number of thiophene rings is 2. The molecular formula is C21H14N2O3S2. The second-order valence-electron chi connectivity index (χ2n) is 6.42. The van der Waals surface area contributed by atoms with Crippen LogP contribution in [0.5, 0.6) is 0 Å². The Morgan fingerprint density at radius 1 is 1.04 bits per heavy atom. The van der Waals surface area contributed by atoms with E-state index >= 15 is 0 Å². The van der Waals surface area contributed by atoms with E-state index in [1.54, 1.807) is 36.5 Å². The zero-order chi connectivity index (χ0) is 19.3. The van der Waals surface area contributed by atoms with Crippen LogP contribution >= 0.6 is 22.7 Å². The first-order valence-electron chi connectivity index (χ1n) is 8.71. The molecule has 5 rings (SSSR count). The van der Waals surface area contributed by atoms with Crippen molar-refractivity contribution < 1.29 is 9.53 Å². The smallest absolute Gasteiger partial charge is 0.349 e. The largest absolute Gasteiger partial charge is 0.450 e. The van der Waals surface area contributed by atoms with Crippen LogP contribution in [0.15, 0.2) is 59.4 Å². The molecule has 3 aromatic heterocycles. The minimum atomic E-state index is -0.665. The number of carbonyl (C=O) groups excluding carboxylic acids is 1. The Kier molecular flexibility index (Phi) is 3.99. The van der Waals surface area contributed by atoms with Crippen molar-refractivity contribution in [3.05, 3.63) is 75.7 Å². The van der Waals surface area contributed by atoms with Crippen molar-refractivity contribution in [3.8, 4) is 0 Å². The lowest BCUT2D eigenvalue weighted by molar-refractivity contribution is 0.0326. The molecule has 0 saturated carbocycles. The number of fused-ring (bicyclic) bond motifs is 4. The number of esters is 1. The molecule has 0 aliphatic rings. The molecule has 28 heavy (non-hydrogen) atoms. The maximum Gasteiger partial charge on any atom is 0.349 e. The third-order valence-electron chi connectivity index (χ3n) is 4.55. The fourth-order valence-corrected chi connectivity index (χ4v) is 5.58. The Morgan fingerprint density at radius 2 is 1.79 bits per heavy atom. The van der Waals surface area contributed by atoms with Crippen LogP contribution < -0.4 is 5.56 Å². The van der Waals surface area contributed by atoms with Crippen molar-refractivity contribution in [1.82, 2.24) is 9.97 Å². The summed E-state index contributed by atoms with van der Waals surface area (Å²) in [6.07, 6.45) is -0.665. The van der Waals surface area contributed by atoms with Gasteiger partial charge in [-0.1, -0.05) is 30.3 Å². The highest BCUT2D eigenvalue weighted by atomic mass is 32.1. The molecule has 0 aliphatic heterocycles. The van der Waals surface area contributed by atoms with Gasteiger partial charge in [0.1, 0.15) is 4.88 Å². The fraction of sp³-hybridized carbons (Fsp3) is 0.0952. The highest BCUT2D eigenvalue weighted by Crippen LogP contribution is 2.39. The number of aromatic nitrogens is 2. The van der Waals surface area contributed by atoms with Gasteiger partial charge in [-0.15, -0.1) is 22.7 Å². The molecule has 3 heterocycles. The molecule has 0 bridgehead atoms. The van der Waals surface area contributed by atoms with Crippen molar-refractivity contribution in [2.75, 3.05) is 0 Å². The Morgan fingerprint density at radius 3 is 2.64 bits per heavy atom. The minimum Gasteiger partial charge on any atom is -0.450 e. The van der Waals surface area contributed by atoms with Gasteiger partial charge in [0.05, 0.1) is 15.6 Å². The number of benzene rings is 2. The summed E-state index contributed by atoms with van der Waals surface area (Å²) in [7, 11) is 0. The van der Waals surface area contributed by atoms with Gasteiger partial charge >= 0.3 is 5.97 Å². The summed E-state index contributed by atoms with van der Waals surface area (Å²) < 4.78 is 8.95. The van der Waals surface area contributed by atoms with Crippen LogP contribution in [0, 0.1) is 0 Å². The number of nitrogens with zero attached hydrogens (tertiary/aromatic N) is 1. The van der Waals surface area contributed by atoms with Crippen molar-refractivity contribution in [2.24, 2.45) is 0 Å². The van der Waals surface area contributed by atoms with Gasteiger partial charge in [-0.25, -0.2) is 9.78 Å². The van der Waals surface area contributed by atoms with Gasteiger partial charge < -0.3 is 9.72 Å². The topological polar surface area (TPSA) is 72.0 Å². The number of H-pyrrole nitrogens is 1. The Labute approximate surface area is 167 Å². The van der Waals surface area contributed by atoms with Gasteiger partial charge in [0.15, 0.2) is 11.9 Å². The maximum absolute atomic E-state index is 12.7. The fourth-order valence-electron chi connectivity index (χ4n) is 3.17. The molecule has 2 aromatic carbocycles. The average molecular weight is 406 g/mol. The van der Waals surface area contributed by atoms with Crippen LogP contribution in [0.4, 0.5) is 0 Å².